The van der Waals surface area contributed by atoms with E-state index in [1.807, 2.05) is 29.2 Å². The number of rotatable bonds is 4. The van der Waals surface area contributed by atoms with Gasteiger partial charge in [0.1, 0.15) is 5.82 Å². The molecule has 1 fully saturated rings. The molecule has 1 saturated heterocycles. The Kier molecular flexibility index (Phi) is 5.85. The highest BCUT2D eigenvalue weighted by Gasteiger charge is 2.27. The zero-order chi connectivity index (χ0) is 20.2. The summed E-state index contributed by atoms with van der Waals surface area (Å²) in [6, 6.07) is 13.8. The predicted molar refractivity (Wildman–Crippen MR) is 115 cm³/mol. The SMILES string of the molecule is O=C(Nc1ccc(Br)cc1)C1CCCN(c2ncc(-c3ccc(F)cc3)cn2)C1. The highest BCUT2D eigenvalue weighted by atomic mass is 79.9. The lowest BCUT2D eigenvalue weighted by Crippen LogP contribution is -2.41. The minimum atomic E-state index is -0.271. The third-order valence-electron chi connectivity index (χ3n) is 5.00. The van der Waals surface area contributed by atoms with Crippen LogP contribution in [0.25, 0.3) is 11.1 Å². The second-order valence-corrected chi connectivity index (χ2v) is 7.98. The molecule has 0 bridgehead atoms. The Labute approximate surface area is 177 Å². The minimum absolute atomic E-state index is 0.0138. The summed E-state index contributed by atoms with van der Waals surface area (Å²) in [7, 11) is 0. The molecule has 5 nitrogen and oxygen atoms in total. The molecule has 1 aromatic heterocycles. The maximum Gasteiger partial charge on any atom is 0.229 e. The van der Waals surface area contributed by atoms with Gasteiger partial charge in [-0.15, -0.1) is 0 Å². The van der Waals surface area contributed by atoms with Gasteiger partial charge >= 0.3 is 0 Å². The van der Waals surface area contributed by atoms with E-state index in [9.17, 15) is 9.18 Å². The van der Waals surface area contributed by atoms with Gasteiger partial charge < -0.3 is 10.2 Å². The van der Waals surface area contributed by atoms with Gasteiger partial charge in [-0.2, -0.15) is 0 Å². The number of carbonyl (C=O) groups is 1. The van der Waals surface area contributed by atoms with Crippen LogP contribution in [0.1, 0.15) is 12.8 Å². The molecule has 0 aliphatic carbocycles. The summed E-state index contributed by atoms with van der Waals surface area (Å²) in [5.74, 6) is 0.233. The van der Waals surface area contributed by atoms with E-state index in [0.717, 1.165) is 40.7 Å². The summed E-state index contributed by atoms with van der Waals surface area (Å²) in [4.78, 5) is 23.7. The number of hydrogen-bond acceptors (Lipinski definition) is 4. The van der Waals surface area contributed by atoms with Crippen LogP contribution in [0.2, 0.25) is 0 Å². The number of carbonyl (C=O) groups excluding carboxylic acids is 1. The lowest BCUT2D eigenvalue weighted by molar-refractivity contribution is -0.120. The molecule has 1 aliphatic rings. The van der Waals surface area contributed by atoms with Gasteiger partial charge in [-0.3, -0.25) is 4.79 Å². The first-order valence-electron chi connectivity index (χ1n) is 9.48. The monoisotopic (exact) mass is 454 g/mol. The number of aromatic nitrogens is 2. The van der Waals surface area contributed by atoms with Crippen LogP contribution in [0.3, 0.4) is 0 Å². The van der Waals surface area contributed by atoms with Crippen molar-refractivity contribution in [3.8, 4) is 11.1 Å². The van der Waals surface area contributed by atoms with Crippen molar-refractivity contribution in [1.82, 2.24) is 9.97 Å². The van der Waals surface area contributed by atoms with E-state index >= 15 is 0 Å². The molecule has 29 heavy (non-hydrogen) atoms. The van der Waals surface area contributed by atoms with E-state index in [2.05, 4.69) is 31.2 Å². The first-order valence-corrected chi connectivity index (χ1v) is 10.3. The van der Waals surface area contributed by atoms with Crippen molar-refractivity contribution in [3.05, 3.63) is 71.2 Å². The summed E-state index contributed by atoms with van der Waals surface area (Å²) in [5, 5.41) is 2.99. The number of piperidine rings is 1. The number of nitrogens with zero attached hydrogens (tertiary/aromatic N) is 3. The lowest BCUT2D eigenvalue weighted by Gasteiger charge is -2.32. The number of amides is 1. The fourth-order valence-electron chi connectivity index (χ4n) is 3.43. The standard InChI is InChI=1S/C22H20BrFN4O/c23-18-5-9-20(10-6-18)27-21(29)16-2-1-11-28(14-16)22-25-12-17(13-26-22)15-3-7-19(24)8-4-15/h3-10,12-13,16H,1-2,11,14H2,(H,27,29). The van der Waals surface area contributed by atoms with E-state index in [4.69, 9.17) is 0 Å². The van der Waals surface area contributed by atoms with Crippen molar-refractivity contribution in [2.45, 2.75) is 12.8 Å². The topological polar surface area (TPSA) is 58.1 Å². The second kappa shape index (κ2) is 8.69. The van der Waals surface area contributed by atoms with Crippen molar-refractivity contribution in [1.29, 1.82) is 0 Å². The maximum atomic E-state index is 13.1. The van der Waals surface area contributed by atoms with E-state index in [1.54, 1.807) is 24.5 Å². The highest BCUT2D eigenvalue weighted by molar-refractivity contribution is 9.10. The van der Waals surface area contributed by atoms with Gasteiger partial charge in [0.05, 0.1) is 5.92 Å². The van der Waals surface area contributed by atoms with Crippen molar-refractivity contribution >= 4 is 33.5 Å². The zero-order valence-corrected chi connectivity index (χ0v) is 17.3. The fourth-order valence-corrected chi connectivity index (χ4v) is 3.69. The summed E-state index contributed by atoms with van der Waals surface area (Å²) in [6.07, 6.45) is 5.22. The third-order valence-corrected chi connectivity index (χ3v) is 5.53. The van der Waals surface area contributed by atoms with Gasteiger partial charge in [-0.25, -0.2) is 14.4 Å². The average Bonchev–Trinajstić information content (AvgIpc) is 2.76. The zero-order valence-electron chi connectivity index (χ0n) is 15.7. The van der Waals surface area contributed by atoms with E-state index < -0.39 is 0 Å². The van der Waals surface area contributed by atoms with Crippen LogP contribution in [0.15, 0.2) is 65.4 Å². The molecule has 1 unspecified atom stereocenters. The molecule has 1 aliphatic heterocycles. The average molecular weight is 455 g/mol. The largest absolute Gasteiger partial charge is 0.340 e. The molecular formula is C22H20BrFN4O. The molecule has 7 heteroatoms. The van der Waals surface area contributed by atoms with Gasteiger partial charge in [0, 0.05) is 41.2 Å². The Hall–Kier alpha value is -2.80. The molecule has 1 amide bonds. The van der Waals surface area contributed by atoms with Gasteiger partial charge in [0.2, 0.25) is 11.9 Å². The Morgan fingerprint density at radius 3 is 2.41 bits per heavy atom. The van der Waals surface area contributed by atoms with E-state index in [-0.39, 0.29) is 17.6 Å². The Balaban J connectivity index is 1.41. The normalized spacial score (nSPS) is 16.5. The van der Waals surface area contributed by atoms with Crippen LogP contribution in [0.5, 0.6) is 0 Å². The number of halogens is 2. The van der Waals surface area contributed by atoms with Crippen LogP contribution in [-0.4, -0.2) is 29.0 Å². The molecular weight excluding hydrogens is 435 g/mol. The number of anilines is 2. The van der Waals surface area contributed by atoms with Crippen molar-refractivity contribution in [2.75, 3.05) is 23.3 Å². The number of benzene rings is 2. The predicted octanol–water partition coefficient (Wildman–Crippen LogP) is 4.90. The molecule has 0 spiro atoms. The van der Waals surface area contributed by atoms with Crippen LogP contribution in [0, 0.1) is 11.7 Å². The Bertz CT molecular complexity index is 977. The van der Waals surface area contributed by atoms with Crippen LogP contribution in [-0.2, 0) is 4.79 Å². The van der Waals surface area contributed by atoms with Crippen LogP contribution in [0.4, 0.5) is 16.0 Å². The molecule has 0 radical (unpaired) electrons. The first-order chi connectivity index (χ1) is 14.1. The number of nitrogens with one attached hydrogen (secondary N) is 1. The van der Waals surface area contributed by atoms with E-state index in [0.29, 0.717) is 12.5 Å². The van der Waals surface area contributed by atoms with Gasteiger partial charge in [-0.05, 0) is 54.8 Å². The summed E-state index contributed by atoms with van der Waals surface area (Å²) in [5.41, 5.74) is 2.48. The fraction of sp³-hybridized carbons (Fsp3) is 0.227. The van der Waals surface area contributed by atoms with Crippen LogP contribution >= 0.6 is 15.9 Å². The molecule has 4 rings (SSSR count). The van der Waals surface area contributed by atoms with Gasteiger partial charge in [-0.1, -0.05) is 28.1 Å². The number of hydrogen-bond donors (Lipinski definition) is 1. The highest BCUT2D eigenvalue weighted by Crippen LogP contribution is 2.24. The molecule has 2 aromatic carbocycles. The van der Waals surface area contributed by atoms with Crippen molar-refractivity contribution in [2.24, 2.45) is 5.92 Å². The Morgan fingerprint density at radius 2 is 1.72 bits per heavy atom. The maximum absolute atomic E-state index is 13.1. The lowest BCUT2D eigenvalue weighted by atomic mass is 9.97. The molecule has 1 N–H and O–H groups in total. The Morgan fingerprint density at radius 1 is 1.03 bits per heavy atom. The summed E-state index contributed by atoms with van der Waals surface area (Å²) >= 11 is 3.40. The molecule has 148 valence electrons. The molecule has 3 aromatic rings. The molecule has 2 heterocycles. The quantitative estimate of drug-likeness (QED) is 0.608. The van der Waals surface area contributed by atoms with Crippen LogP contribution < -0.4 is 10.2 Å². The van der Waals surface area contributed by atoms with Gasteiger partial charge in [0.15, 0.2) is 0 Å². The van der Waals surface area contributed by atoms with Gasteiger partial charge in [0.25, 0.3) is 0 Å². The van der Waals surface area contributed by atoms with Crippen molar-refractivity contribution < 1.29 is 9.18 Å². The van der Waals surface area contributed by atoms with E-state index in [1.165, 1.54) is 12.1 Å². The summed E-state index contributed by atoms with van der Waals surface area (Å²) in [6.45, 7) is 1.40. The first kappa shape index (κ1) is 19.5. The molecule has 0 saturated carbocycles. The van der Waals surface area contributed by atoms with Crippen molar-refractivity contribution in [3.63, 3.8) is 0 Å². The molecule has 1 atom stereocenters. The summed E-state index contributed by atoms with van der Waals surface area (Å²) < 4.78 is 14.1. The minimum Gasteiger partial charge on any atom is -0.340 e. The smallest absolute Gasteiger partial charge is 0.229 e. The third kappa shape index (κ3) is 4.79. The second-order valence-electron chi connectivity index (χ2n) is 7.06.